The Balaban J connectivity index is 2.56. The molecule has 0 aliphatic rings. The van der Waals surface area contributed by atoms with Crippen LogP contribution >= 0.6 is 11.6 Å². The molecule has 0 bridgehead atoms. The summed E-state index contributed by atoms with van der Waals surface area (Å²) in [5.41, 5.74) is 1.70. The molecule has 0 fully saturated rings. The second-order valence-corrected chi connectivity index (χ2v) is 4.34. The van der Waals surface area contributed by atoms with Crippen LogP contribution in [0.15, 0.2) is 12.4 Å². The molecule has 5 heteroatoms. The molecule has 2 heterocycles. The summed E-state index contributed by atoms with van der Waals surface area (Å²) in [4.78, 5) is 12.9. The number of hydrogen-bond donors (Lipinski definition) is 0. The Morgan fingerprint density at radius 3 is 2.76 bits per heavy atom. The molecule has 0 radical (unpaired) electrons. The van der Waals surface area contributed by atoms with Gasteiger partial charge in [-0.3, -0.25) is 0 Å². The molecule has 0 atom stereocenters. The van der Waals surface area contributed by atoms with Crippen molar-refractivity contribution >= 4 is 11.6 Å². The molecule has 0 aromatic carbocycles. The second-order valence-electron chi connectivity index (χ2n) is 3.98. The van der Waals surface area contributed by atoms with Crippen molar-refractivity contribution in [1.29, 1.82) is 0 Å². The maximum atomic E-state index is 6.08. The summed E-state index contributed by atoms with van der Waals surface area (Å²) in [6.45, 7) is 6.81. The fourth-order valence-corrected chi connectivity index (χ4v) is 1.97. The molecule has 2 aromatic rings. The van der Waals surface area contributed by atoms with Crippen LogP contribution in [0.2, 0.25) is 5.15 Å². The highest BCUT2D eigenvalue weighted by atomic mass is 35.5. The van der Waals surface area contributed by atoms with Crippen molar-refractivity contribution in [3.63, 3.8) is 0 Å². The highest BCUT2D eigenvalue weighted by Crippen LogP contribution is 2.24. The first-order chi connectivity index (χ1) is 8.13. The van der Waals surface area contributed by atoms with Crippen LogP contribution in [0.3, 0.4) is 0 Å². The SMILES string of the molecule is CCCn1ccnc1-c1nc(C)nc(Cl)c1C. The van der Waals surface area contributed by atoms with Gasteiger partial charge in [-0.15, -0.1) is 0 Å². The number of aromatic nitrogens is 4. The van der Waals surface area contributed by atoms with Gasteiger partial charge >= 0.3 is 0 Å². The lowest BCUT2D eigenvalue weighted by molar-refractivity contribution is 0.683. The summed E-state index contributed by atoms with van der Waals surface area (Å²) < 4.78 is 2.09. The highest BCUT2D eigenvalue weighted by molar-refractivity contribution is 6.30. The van der Waals surface area contributed by atoms with Gasteiger partial charge in [0.15, 0.2) is 5.82 Å². The van der Waals surface area contributed by atoms with Gasteiger partial charge in [-0.1, -0.05) is 18.5 Å². The Labute approximate surface area is 106 Å². The predicted molar refractivity (Wildman–Crippen MR) is 68.0 cm³/mol. The molecule has 0 amide bonds. The fourth-order valence-electron chi connectivity index (χ4n) is 1.76. The molecule has 2 rings (SSSR count). The number of rotatable bonds is 3. The first kappa shape index (κ1) is 12.0. The molecule has 0 aliphatic heterocycles. The van der Waals surface area contributed by atoms with Gasteiger partial charge < -0.3 is 4.57 Å². The average Bonchev–Trinajstić information content (AvgIpc) is 2.72. The van der Waals surface area contributed by atoms with Gasteiger partial charge in [0, 0.05) is 24.5 Å². The van der Waals surface area contributed by atoms with Crippen molar-refractivity contribution in [2.45, 2.75) is 33.7 Å². The van der Waals surface area contributed by atoms with Crippen LogP contribution < -0.4 is 0 Å². The first-order valence-corrected chi connectivity index (χ1v) is 6.03. The monoisotopic (exact) mass is 250 g/mol. The third-order valence-corrected chi connectivity index (χ3v) is 2.96. The number of imidazole rings is 1. The van der Waals surface area contributed by atoms with E-state index in [1.54, 1.807) is 6.20 Å². The van der Waals surface area contributed by atoms with Crippen LogP contribution in [0.25, 0.3) is 11.5 Å². The standard InChI is InChI=1S/C12H15ClN4/c1-4-6-17-7-5-14-12(17)10-8(2)11(13)16-9(3)15-10/h5,7H,4,6H2,1-3H3. The topological polar surface area (TPSA) is 43.6 Å². The minimum atomic E-state index is 0.499. The molecule has 0 spiro atoms. The summed E-state index contributed by atoms with van der Waals surface area (Å²) in [6.07, 6.45) is 4.81. The lowest BCUT2D eigenvalue weighted by Gasteiger charge is -2.09. The van der Waals surface area contributed by atoms with E-state index in [1.807, 2.05) is 20.0 Å². The molecule has 0 saturated carbocycles. The third kappa shape index (κ3) is 2.31. The van der Waals surface area contributed by atoms with Crippen molar-refractivity contribution in [2.75, 3.05) is 0 Å². The summed E-state index contributed by atoms with van der Waals surface area (Å²) in [5.74, 6) is 1.53. The van der Waals surface area contributed by atoms with Crippen molar-refractivity contribution in [1.82, 2.24) is 19.5 Å². The van der Waals surface area contributed by atoms with Crippen LogP contribution in [0.1, 0.15) is 24.7 Å². The Hall–Kier alpha value is -1.42. The van der Waals surface area contributed by atoms with E-state index in [2.05, 4.69) is 26.4 Å². The summed E-state index contributed by atoms with van der Waals surface area (Å²) in [5, 5.41) is 0.499. The number of aryl methyl sites for hydroxylation is 2. The van der Waals surface area contributed by atoms with E-state index in [0.717, 1.165) is 30.0 Å². The van der Waals surface area contributed by atoms with Crippen LogP contribution in [-0.2, 0) is 6.54 Å². The molecule has 0 N–H and O–H groups in total. The molecule has 0 unspecified atom stereocenters. The Kier molecular flexibility index (Phi) is 3.43. The summed E-state index contributed by atoms with van der Waals surface area (Å²) >= 11 is 6.08. The van der Waals surface area contributed by atoms with Gasteiger partial charge in [-0.2, -0.15) is 0 Å². The highest BCUT2D eigenvalue weighted by Gasteiger charge is 2.13. The van der Waals surface area contributed by atoms with E-state index in [1.165, 1.54) is 0 Å². The van der Waals surface area contributed by atoms with Crippen molar-refractivity contribution in [3.8, 4) is 11.5 Å². The lowest BCUT2D eigenvalue weighted by Crippen LogP contribution is -2.03. The van der Waals surface area contributed by atoms with Gasteiger partial charge in [0.2, 0.25) is 0 Å². The van der Waals surface area contributed by atoms with Crippen LogP contribution in [-0.4, -0.2) is 19.5 Å². The van der Waals surface area contributed by atoms with E-state index in [4.69, 9.17) is 11.6 Å². The van der Waals surface area contributed by atoms with Crippen LogP contribution in [0, 0.1) is 13.8 Å². The lowest BCUT2D eigenvalue weighted by atomic mass is 10.2. The van der Waals surface area contributed by atoms with Crippen molar-refractivity contribution in [2.24, 2.45) is 0 Å². The molecular weight excluding hydrogens is 236 g/mol. The first-order valence-electron chi connectivity index (χ1n) is 5.65. The average molecular weight is 251 g/mol. The Morgan fingerprint density at radius 1 is 1.29 bits per heavy atom. The summed E-state index contributed by atoms with van der Waals surface area (Å²) in [6, 6.07) is 0. The van der Waals surface area contributed by atoms with Gasteiger partial charge in [-0.25, -0.2) is 15.0 Å². The molecular formula is C12H15ClN4. The van der Waals surface area contributed by atoms with Gasteiger partial charge in [0.25, 0.3) is 0 Å². The molecule has 17 heavy (non-hydrogen) atoms. The van der Waals surface area contributed by atoms with Crippen LogP contribution in [0.5, 0.6) is 0 Å². The quantitative estimate of drug-likeness (QED) is 0.787. The van der Waals surface area contributed by atoms with E-state index in [-0.39, 0.29) is 0 Å². The van der Waals surface area contributed by atoms with E-state index in [9.17, 15) is 0 Å². The zero-order valence-corrected chi connectivity index (χ0v) is 11.0. The fraction of sp³-hybridized carbons (Fsp3) is 0.417. The van der Waals surface area contributed by atoms with E-state index in [0.29, 0.717) is 11.0 Å². The molecule has 0 saturated heterocycles. The molecule has 2 aromatic heterocycles. The number of nitrogens with zero attached hydrogens (tertiary/aromatic N) is 4. The summed E-state index contributed by atoms with van der Waals surface area (Å²) in [7, 11) is 0. The maximum absolute atomic E-state index is 6.08. The van der Waals surface area contributed by atoms with Crippen molar-refractivity contribution < 1.29 is 0 Å². The Bertz CT molecular complexity index is 533. The van der Waals surface area contributed by atoms with E-state index >= 15 is 0 Å². The molecule has 4 nitrogen and oxygen atoms in total. The second kappa shape index (κ2) is 4.84. The largest absolute Gasteiger partial charge is 0.330 e. The smallest absolute Gasteiger partial charge is 0.159 e. The van der Waals surface area contributed by atoms with E-state index < -0.39 is 0 Å². The Morgan fingerprint density at radius 2 is 2.06 bits per heavy atom. The number of halogens is 1. The zero-order chi connectivity index (χ0) is 12.4. The molecule has 90 valence electrons. The van der Waals surface area contributed by atoms with Gasteiger partial charge in [0.1, 0.15) is 16.7 Å². The van der Waals surface area contributed by atoms with Gasteiger partial charge in [0.05, 0.1) is 0 Å². The number of hydrogen-bond acceptors (Lipinski definition) is 3. The maximum Gasteiger partial charge on any atom is 0.159 e. The van der Waals surface area contributed by atoms with Gasteiger partial charge in [-0.05, 0) is 20.3 Å². The van der Waals surface area contributed by atoms with Crippen LogP contribution in [0.4, 0.5) is 0 Å². The zero-order valence-electron chi connectivity index (χ0n) is 10.2. The minimum absolute atomic E-state index is 0.499. The normalized spacial score (nSPS) is 10.8. The predicted octanol–water partition coefficient (Wildman–Crippen LogP) is 3.02. The minimum Gasteiger partial charge on any atom is -0.330 e. The molecule has 0 aliphatic carbocycles. The van der Waals surface area contributed by atoms with Crippen molar-refractivity contribution in [3.05, 3.63) is 28.9 Å². The third-order valence-electron chi connectivity index (χ3n) is 2.59.